The normalized spacial score (nSPS) is 11.3. The second-order valence-corrected chi connectivity index (χ2v) is 6.94. The van der Waals surface area contributed by atoms with E-state index in [-0.39, 0.29) is 17.1 Å². The molecule has 0 aliphatic heterocycles. The predicted octanol–water partition coefficient (Wildman–Crippen LogP) is 1.20. The molecule has 0 saturated carbocycles. The molecule has 1 heterocycles. The van der Waals surface area contributed by atoms with Gasteiger partial charge in [-0.2, -0.15) is 10.6 Å². The Kier molecular flexibility index (Phi) is 8.82. The second kappa shape index (κ2) is 11.6. The molecule has 8 nitrogen and oxygen atoms in total. The van der Waals surface area contributed by atoms with E-state index in [1.807, 2.05) is 6.92 Å². The maximum Gasteiger partial charge on any atom is 0.255 e. The summed E-state index contributed by atoms with van der Waals surface area (Å²) in [6, 6.07) is 7.93. The second-order valence-electron chi connectivity index (χ2n) is 5.83. The van der Waals surface area contributed by atoms with Gasteiger partial charge in [0.2, 0.25) is 5.91 Å². The van der Waals surface area contributed by atoms with Gasteiger partial charge >= 0.3 is 0 Å². The molecule has 2 amide bonds. The monoisotopic (exact) mass is 413 g/mol. The van der Waals surface area contributed by atoms with Gasteiger partial charge in [0.15, 0.2) is 0 Å². The minimum atomic E-state index is -1.98. The van der Waals surface area contributed by atoms with E-state index in [9.17, 15) is 18.9 Å². The number of carbonyl (C=O) groups excluding carboxylic acids is 2. The number of amides is 2. The Balaban J connectivity index is 2.01. The average Bonchev–Trinajstić information content (AvgIpc) is 2.70. The highest BCUT2D eigenvalue weighted by Crippen LogP contribution is 2.10. The molecule has 0 spiro atoms. The van der Waals surface area contributed by atoms with Crippen LogP contribution in [0, 0.1) is 11.8 Å². The quantitative estimate of drug-likeness (QED) is 0.356. The molecule has 0 fully saturated rings. The van der Waals surface area contributed by atoms with E-state index >= 15 is 0 Å². The van der Waals surface area contributed by atoms with Gasteiger partial charge < -0.3 is 24.3 Å². The number of nitrogens with zero attached hydrogens (tertiary/aromatic N) is 2. The number of hydrogen-bond donors (Lipinski definition) is 3. The molecule has 1 aromatic carbocycles. The molecule has 0 radical (unpaired) electrons. The lowest BCUT2D eigenvalue weighted by Gasteiger charge is -2.07. The molecular formula is C20H21N4O4S-. The number of rotatable bonds is 7. The third-order valence-corrected chi connectivity index (χ3v) is 4.37. The molecular weight excluding hydrogens is 392 g/mol. The van der Waals surface area contributed by atoms with E-state index in [1.54, 1.807) is 12.1 Å². The van der Waals surface area contributed by atoms with Crippen molar-refractivity contribution < 1.29 is 18.9 Å². The number of pyridine rings is 1. The van der Waals surface area contributed by atoms with Crippen molar-refractivity contribution >= 4 is 22.4 Å². The molecule has 0 unspecified atom stereocenters. The van der Waals surface area contributed by atoms with E-state index in [0.717, 1.165) is 6.54 Å². The van der Waals surface area contributed by atoms with E-state index in [4.69, 9.17) is 0 Å². The Morgan fingerprint density at radius 3 is 2.72 bits per heavy atom. The van der Waals surface area contributed by atoms with Crippen LogP contribution in [0.1, 0.15) is 28.4 Å². The molecule has 29 heavy (non-hydrogen) atoms. The summed E-state index contributed by atoms with van der Waals surface area (Å²) in [5.41, 5.74) is 1.18. The molecule has 2 rings (SSSR count). The van der Waals surface area contributed by atoms with Gasteiger partial charge in [-0.1, -0.05) is 24.8 Å². The Labute approximate surface area is 171 Å². The van der Waals surface area contributed by atoms with Crippen molar-refractivity contribution in [2.45, 2.75) is 6.92 Å². The number of benzene rings is 1. The molecule has 152 valence electrons. The van der Waals surface area contributed by atoms with Gasteiger partial charge in [-0.05, 0) is 36.6 Å². The topological polar surface area (TPSA) is 121 Å². The highest BCUT2D eigenvalue weighted by atomic mass is 32.2. The third-order valence-electron chi connectivity index (χ3n) is 3.50. The number of likely N-dealkylation sites (N-methyl/N-ethyl adjacent to an activating group) is 1. The highest BCUT2D eigenvalue weighted by molar-refractivity contribution is 7.76. The Bertz CT molecular complexity index is 1020. The molecule has 3 N–H and O–H groups in total. The Hall–Kier alpha value is -3.22. The maximum atomic E-state index is 12.2. The Morgan fingerprint density at radius 2 is 1.97 bits per heavy atom. The van der Waals surface area contributed by atoms with Crippen molar-refractivity contribution in [3.8, 4) is 17.6 Å². The van der Waals surface area contributed by atoms with Crippen molar-refractivity contribution in [2.75, 3.05) is 25.4 Å². The fraction of sp³-hybridized carbons (Fsp3) is 0.250. The van der Waals surface area contributed by atoms with Crippen LogP contribution in [0.25, 0.3) is 0 Å². The first-order chi connectivity index (χ1) is 14.0. The van der Waals surface area contributed by atoms with Gasteiger partial charge in [0, 0.05) is 36.6 Å². The summed E-state index contributed by atoms with van der Waals surface area (Å²) in [4.78, 5) is 27.8. The lowest BCUT2D eigenvalue weighted by atomic mass is 10.1. The van der Waals surface area contributed by atoms with Crippen LogP contribution in [0.2, 0.25) is 0 Å². The van der Waals surface area contributed by atoms with Crippen molar-refractivity contribution in [3.63, 3.8) is 0 Å². The van der Waals surface area contributed by atoms with E-state index in [0.29, 0.717) is 24.2 Å². The number of phenolic OH excluding ortho intramolecular Hbond substituents is 1. The molecule has 1 aromatic heterocycles. The molecule has 2 aromatic rings. The molecule has 0 aliphatic rings. The molecule has 9 heteroatoms. The summed E-state index contributed by atoms with van der Waals surface area (Å²) < 4.78 is 15.5. The number of carbonyl (C=O) groups is 2. The van der Waals surface area contributed by atoms with E-state index < -0.39 is 22.4 Å². The molecule has 0 atom stereocenters. The SMILES string of the molecule is CCNCCNC(=O)C[S-](=O)=NC(=O)c1cncc(C#Cc2cccc(O)c2)c1. The van der Waals surface area contributed by atoms with Crippen LogP contribution in [-0.4, -0.2) is 47.3 Å². The van der Waals surface area contributed by atoms with Gasteiger partial charge in [0.1, 0.15) is 5.75 Å². The van der Waals surface area contributed by atoms with Gasteiger partial charge in [0.25, 0.3) is 5.91 Å². The van der Waals surface area contributed by atoms with Crippen molar-refractivity contribution in [1.82, 2.24) is 15.6 Å². The summed E-state index contributed by atoms with van der Waals surface area (Å²) in [5, 5.41) is 15.1. The highest BCUT2D eigenvalue weighted by Gasteiger charge is 2.03. The van der Waals surface area contributed by atoms with Crippen LogP contribution < -0.4 is 10.6 Å². The lowest BCUT2D eigenvalue weighted by molar-refractivity contribution is -0.118. The van der Waals surface area contributed by atoms with Crippen LogP contribution >= 0.6 is 0 Å². The van der Waals surface area contributed by atoms with E-state index in [2.05, 4.69) is 31.8 Å². The summed E-state index contributed by atoms with van der Waals surface area (Å²) in [5.74, 6) is 4.23. The number of aromatic hydroxyl groups is 1. The zero-order chi connectivity index (χ0) is 21.1. The fourth-order valence-electron chi connectivity index (χ4n) is 2.16. The first-order valence-corrected chi connectivity index (χ1v) is 10.1. The number of phenols is 1. The maximum absolute atomic E-state index is 12.2. The minimum Gasteiger partial charge on any atom is -0.508 e. The van der Waals surface area contributed by atoms with Crippen molar-refractivity contribution in [2.24, 2.45) is 4.36 Å². The first-order valence-electron chi connectivity index (χ1n) is 8.86. The third kappa shape index (κ3) is 8.13. The van der Waals surface area contributed by atoms with Crippen LogP contribution in [-0.2, 0) is 19.6 Å². The molecule has 0 saturated heterocycles. The summed E-state index contributed by atoms with van der Waals surface area (Å²) >= 11 is 0. The molecule has 0 aliphatic carbocycles. The van der Waals surface area contributed by atoms with Crippen LogP contribution in [0.3, 0.4) is 0 Å². The summed E-state index contributed by atoms with van der Waals surface area (Å²) in [7, 11) is -1.98. The van der Waals surface area contributed by atoms with E-state index in [1.165, 1.54) is 30.6 Å². The number of aromatic nitrogens is 1. The average molecular weight is 413 g/mol. The largest absolute Gasteiger partial charge is 0.508 e. The zero-order valence-electron chi connectivity index (χ0n) is 15.8. The van der Waals surface area contributed by atoms with Gasteiger partial charge in [-0.25, -0.2) is 0 Å². The minimum absolute atomic E-state index is 0.103. The number of hydrogen-bond acceptors (Lipinski definition) is 7. The zero-order valence-corrected chi connectivity index (χ0v) is 16.7. The van der Waals surface area contributed by atoms with Crippen LogP contribution in [0.4, 0.5) is 0 Å². The van der Waals surface area contributed by atoms with Crippen molar-refractivity contribution in [1.29, 1.82) is 0 Å². The lowest BCUT2D eigenvalue weighted by Crippen LogP contribution is -2.33. The first kappa shape index (κ1) is 22.1. The van der Waals surface area contributed by atoms with Crippen LogP contribution in [0.15, 0.2) is 47.1 Å². The van der Waals surface area contributed by atoms with Crippen LogP contribution in [0.5, 0.6) is 5.75 Å². The summed E-state index contributed by atoms with van der Waals surface area (Å²) in [6.45, 7) is 3.74. The van der Waals surface area contributed by atoms with Gasteiger partial charge in [0.05, 0.1) is 5.56 Å². The Morgan fingerprint density at radius 1 is 1.17 bits per heavy atom. The van der Waals surface area contributed by atoms with Gasteiger partial charge in [-0.3, -0.25) is 14.6 Å². The smallest absolute Gasteiger partial charge is 0.255 e. The number of nitrogens with one attached hydrogen (secondary N) is 2. The summed E-state index contributed by atoms with van der Waals surface area (Å²) in [6.07, 6.45) is 2.76. The fourth-order valence-corrected chi connectivity index (χ4v) is 2.84. The van der Waals surface area contributed by atoms with Gasteiger partial charge in [-0.15, -0.1) is 0 Å². The van der Waals surface area contributed by atoms with Crippen molar-refractivity contribution in [3.05, 3.63) is 59.4 Å². The standard InChI is InChI=1S/C20H21N4O4S/c1-2-21-8-9-23-19(26)14-29(28)24-20(27)17-10-16(12-22-13-17)7-6-15-4-3-5-18(25)11-15/h3-5,10-13,21,25H,2,8-9,14H2,1H3,(H,23,26)/q-1. The predicted molar refractivity (Wildman–Crippen MR) is 110 cm³/mol. The molecule has 0 bridgehead atoms.